The van der Waals surface area contributed by atoms with Crippen molar-refractivity contribution in [1.29, 1.82) is 0 Å². The Bertz CT molecular complexity index is 2070. The van der Waals surface area contributed by atoms with Crippen LogP contribution >= 0.6 is 0 Å². The summed E-state index contributed by atoms with van der Waals surface area (Å²) in [4.78, 5) is 64.1. The van der Waals surface area contributed by atoms with Crippen molar-refractivity contribution in [3.05, 3.63) is 77.1 Å². The number of allylic oxidation sites excluding steroid dienone is 1. The molecule has 4 aliphatic rings. The largest absolute Gasteiger partial charge is 0.453 e. The number of nitrogens with one attached hydrogen (secondary N) is 3. The normalized spacial score (nSPS) is 20.1. The Balaban J connectivity index is 1.03. The molecule has 0 spiro atoms. The van der Waals surface area contributed by atoms with Gasteiger partial charge in [0.05, 0.1) is 26.3 Å². The van der Waals surface area contributed by atoms with Gasteiger partial charge in [-0.1, -0.05) is 76.2 Å². The lowest BCUT2D eigenvalue weighted by atomic mass is 9.88. The summed E-state index contributed by atoms with van der Waals surface area (Å²) in [6.45, 7) is 9.04. The zero-order valence-corrected chi connectivity index (χ0v) is 34.7. The monoisotopic (exact) mass is 790 g/mol. The summed E-state index contributed by atoms with van der Waals surface area (Å²) in [5.74, 6) is -0.311. The predicted octanol–water partition coefficient (Wildman–Crippen LogP) is 7.83. The second-order valence-electron chi connectivity index (χ2n) is 16.8. The number of methoxy groups -OCH3 is 2. The summed E-state index contributed by atoms with van der Waals surface area (Å²) in [5, 5.41) is 5.50. The number of aromatic nitrogens is 1. The van der Waals surface area contributed by atoms with Crippen molar-refractivity contribution < 1.29 is 28.7 Å². The van der Waals surface area contributed by atoms with Crippen molar-refractivity contribution in [1.82, 2.24) is 25.4 Å². The van der Waals surface area contributed by atoms with E-state index in [-0.39, 0.29) is 35.7 Å². The van der Waals surface area contributed by atoms with E-state index < -0.39 is 24.3 Å². The molecule has 1 aromatic heterocycles. The number of alkyl carbamates (subject to hydrolysis) is 2. The van der Waals surface area contributed by atoms with E-state index >= 15 is 0 Å². The Morgan fingerprint density at radius 2 is 1.16 bits per heavy atom. The maximum atomic E-state index is 13.9. The Morgan fingerprint density at radius 3 is 1.69 bits per heavy atom. The fourth-order valence-corrected chi connectivity index (χ4v) is 9.29. The first-order valence-corrected chi connectivity index (χ1v) is 21.0. The zero-order chi connectivity index (χ0) is 41.1. The summed E-state index contributed by atoms with van der Waals surface area (Å²) in [5.41, 5.74) is 11.6. The molecule has 0 radical (unpaired) electrons. The second-order valence-corrected chi connectivity index (χ2v) is 16.8. The van der Waals surface area contributed by atoms with Gasteiger partial charge in [-0.25, -0.2) is 9.59 Å². The van der Waals surface area contributed by atoms with Gasteiger partial charge in [0, 0.05) is 42.8 Å². The van der Waals surface area contributed by atoms with Crippen molar-refractivity contribution in [2.75, 3.05) is 27.3 Å². The standard InChI is InChI=1S/C46H58N6O6/c1-27(2)39(49-45(55)57-5)43(53)51-23-9-13-37(51)36-25-33(26-47-36)31-17-15-29(16-18-31)30-19-21-32(22-20-30)41-34-11-7-8-12-35(34)42(48-41)38-14-10-24-52(38)44(54)40(28(3)4)50-46(56)58-6/h15-22,26-28,37-40,48H,7-14,23-25H2,1-6H3,(H,49,55)(H,50,56)/t37?,38?,39-,40-/m0/s1. The van der Waals surface area contributed by atoms with Gasteiger partial charge in [0.25, 0.3) is 0 Å². The fraction of sp³-hybridized carbons (Fsp3) is 0.500. The number of aliphatic imine (C=N–C) groups is 1. The molecule has 0 saturated carbocycles. The van der Waals surface area contributed by atoms with Crippen LogP contribution in [0.15, 0.2) is 59.7 Å². The quantitative estimate of drug-likeness (QED) is 0.181. The van der Waals surface area contributed by atoms with Crippen LogP contribution in [0.5, 0.6) is 0 Å². The number of carbonyl (C=O) groups excluding carboxylic acids is 4. The molecular weight excluding hydrogens is 733 g/mol. The third-order valence-corrected chi connectivity index (χ3v) is 12.4. The minimum atomic E-state index is -0.656. The first kappa shape index (κ1) is 40.8. The smallest absolute Gasteiger partial charge is 0.407 e. The van der Waals surface area contributed by atoms with Crippen LogP contribution in [-0.2, 0) is 31.9 Å². The molecule has 58 heavy (non-hydrogen) atoms. The molecule has 4 atom stereocenters. The third kappa shape index (κ3) is 8.29. The number of H-pyrrole nitrogens is 1. The highest BCUT2D eigenvalue weighted by molar-refractivity contribution is 6.04. The number of nitrogens with zero attached hydrogens (tertiary/aromatic N) is 3. The van der Waals surface area contributed by atoms with Gasteiger partial charge in [0.2, 0.25) is 11.8 Å². The molecule has 308 valence electrons. The zero-order valence-electron chi connectivity index (χ0n) is 34.7. The minimum Gasteiger partial charge on any atom is -0.453 e. The Hall–Kier alpha value is -5.39. The SMILES string of the molecule is COC(=O)N[C@H](C(=O)N1CCCC1C1=NC=C(c2ccc(-c3ccc(-c4[nH]c(C5CCCN5C(=O)[C@@H](NC(=O)OC)C(C)C)c5c4CCCC5)cc3)cc2)C1)C(C)C. The molecule has 4 heterocycles. The highest BCUT2D eigenvalue weighted by atomic mass is 16.5. The summed E-state index contributed by atoms with van der Waals surface area (Å²) in [6.07, 6.45) is 9.22. The summed E-state index contributed by atoms with van der Waals surface area (Å²) < 4.78 is 9.62. The lowest BCUT2D eigenvalue weighted by Crippen LogP contribution is -2.53. The van der Waals surface area contributed by atoms with Crippen LogP contribution in [0.2, 0.25) is 0 Å². The number of likely N-dealkylation sites (tertiary alicyclic amines) is 2. The number of fused-ring (bicyclic) bond motifs is 1. The Kier molecular flexibility index (Phi) is 12.4. The minimum absolute atomic E-state index is 0.0600. The number of ether oxygens (including phenoxy) is 2. The second kappa shape index (κ2) is 17.6. The summed E-state index contributed by atoms with van der Waals surface area (Å²) in [7, 11) is 2.63. The highest BCUT2D eigenvalue weighted by Crippen LogP contribution is 2.42. The molecule has 3 aliphatic heterocycles. The van der Waals surface area contributed by atoms with Crippen molar-refractivity contribution in [2.45, 2.75) is 110 Å². The molecule has 7 rings (SSSR count). The Morgan fingerprint density at radius 1 is 0.672 bits per heavy atom. The van der Waals surface area contributed by atoms with Crippen LogP contribution < -0.4 is 10.6 Å². The lowest BCUT2D eigenvalue weighted by molar-refractivity contribution is -0.135. The van der Waals surface area contributed by atoms with Crippen LogP contribution in [0, 0.1) is 11.8 Å². The molecule has 3 N–H and O–H groups in total. The van der Waals surface area contributed by atoms with Gasteiger partial charge >= 0.3 is 12.2 Å². The lowest BCUT2D eigenvalue weighted by Gasteiger charge is -2.31. The molecule has 12 heteroatoms. The van der Waals surface area contributed by atoms with E-state index in [1.165, 1.54) is 25.3 Å². The predicted molar refractivity (Wildman–Crippen MR) is 225 cm³/mol. The van der Waals surface area contributed by atoms with E-state index in [9.17, 15) is 19.2 Å². The molecular formula is C46H58N6O6. The number of hydrogen-bond acceptors (Lipinski definition) is 7. The fourth-order valence-electron chi connectivity index (χ4n) is 9.29. The van der Waals surface area contributed by atoms with Gasteiger partial charge in [0.15, 0.2) is 0 Å². The summed E-state index contributed by atoms with van der Waals surface area (Å²) >= 11 is 0. The van der Waals surface area contributed by atoms with E-state index in [0.29, 0.717) is 19.5 Å². The molecule has 2 saturated heterocycles. The van der Waals surface area contributed by atoms with Crippen molar-refractivity contribution in [2.24, 2.45) is 16.8 Å². The molecule has 2 unspecified atom stereocenters. The first-order chi connectivity index (χ1) is 28.0. The van der Waals surface area contributed by atoms with E-state index in [1.54, 1.807) is 0 Å². The maximum Gasteiger partial charge on any atom is 0.407 e. The van der Waals surface area contributed by atoms with E-state index in [4.69, 9.17) is 14.5 Å². The average molecular weight is 791 g/mol. The number of benzene rings is 2. The number of rotatable bonds is 11. The number of aromatic amines is 1. The highest BCUT2D eigenvalue weighted by Gasteiger charge is 2.40. The third-order valence-electron chi connectivity index (χ3n) is 12.4. The molecule has 2 aromatic carbocycles. The number of amides is 4. The number of hydrogen-bond donors (Lipinski definition) is 3. The van der Waals surface area contributed by atoms with Crippen molar-refractivity contribution in [3.8, 4) is 22.4 Å². The molecule has 12 nitrogen and oxygen atoms in total. The van der Waals surface area contributed by atoms with E-state index in [2.05, 4.69) is 64.1 Å². The van der Waals surface area contributed by atoms with Gasteiger partial charge in [-0.3, -0.25) is 14.6 Å². The van der Waals surface area contributed by atoms with Gasteiger partial charge in [-0.05, 0) is 102 Å². The van der Waals surface area contributed by atoms with E-state index in [0.717, 1.165) is 96.3 Å². The molecule has 4 amide bonds. The average Bonchev–Trinajstić information content (AvgIpc) is 4.07. The van der Waals surface area contributed by atoms with Gasteiger partial charge in [-0.2, -0.15) is 0 Å². The van der Waals surface area contributed by atoms with Gasteiger partial charge in [-0.15, -0.1) is 0 Å². The van der Waals surface area contributed by atoms with Crippen LogP contribution in [0.4, 0.5) is 9.59 Å². The van der Waals surface area contributed by atoms with Crippen LogP contribution in [0.25, 0.3) is 28.0 Å². The van der Waals surface area contributed by atoms with E-state index in [1.807, 2.05) is 43.7 Å². The van der Waals surface area contributed by atoms with Gasteiger partial charge in [0.1, 0.15) is 12.1 Å². The maximum absolute atomic E-state index is 13.9. The first-order valence-electron chi connectivity index (χ1n) is 21.0. The van der Waals surface area contributed by atoms with Crippen molar-refractivity contribution >= 4 is 35.3 Å². The molecule has 0 bridgehead atoms. The summed E-state index contributed by atoms with van der Waals surface area (Å²) in [6, 6.07) is 15.9. The van der Waals surface area contributed by atoms with Crippen LogP contribution in [-0.4, -0.2) is 89.9 Å². The Labute approximate surface area is 341 Å². The van der Waals surface area contributed by atoms with Crippen molar-refractivity contribution in [3.63, 3.8) is 0 Å². The molecule has 1 aliphatic carbocycles. The van der Waals surface area contributed by atoms with Crippen LogP contribution in [0.1, 0.15) is 101 Å². The molecule has 2 fully saturated rings. The van der Waals surface area contributed by atoms with Gasteiger partial charge < -0.3 is 34.9 Å². The topological polar surface area (TPSA) is 145 Å². The number of carbonyl (C=O) groups is 4. The molecule has 3 aromatic rings. The van der Waals surface area contributed by atoms with Crippen LogP contribution in [0.3, 0.4) is 0 Å².